The highest BCUT2D eigenvalue weighted by Gasteiger charge is 2.20. The molecular formula is C22H25F2N5O3. The summed E-state index contributed by atoms with van der Waals surface area (Å²) >= 11 is 0. The second-order valence-electron chi connectivity index (χ2n) is 7.16. The minimum absolute atomic E-state index is 0.0304. The number of hydrogen-bond donors (Lipinski definition) is 2. The lowest BCUT2D eigenvalue weighted by atomic mass is 9.97. The van der Waals surface area contributed by atoms with Gasteiger partial charge in [0.05, 0.1) is 22.5 Å². The van der Waals surface area contributed by atoms with Crippen LogP contribution >= 0.6 is 0 Å². The smallest absolute Gasteiger partial charge is 0.280 e. The third-order valence-electron chi connectivity index (χ3n) is 5.13. The maximum atomic E-state index is 11.9. The summed E-state index contributed by atoms with van der Waals surface area (Å²) in [5.74, 6) is 0.324. The van der Waals surface area contributed by atoms with Crippen molar-refractivity contribution in [3.05, 3.63) is 59.2 Å². The average Bonchev–Trinajstić information content (AvgIpc) is 3.26. The Balaban J connectivity index is 0.000000222. The maximum absolute atomic E-state index is 11.9. The van der Waals surface area contributed by atoms with Gasteiger partial charge < -0.3 is 15.4 Å². The third kappa shape index (κ3) is 5.44. The molecule has 8 nitrogen and oxygen atoms in total. The van der Waals surface area contributed by atoms with Crippen LogP contribution in [0.25, 0.3) is 5.52 Å². The van der Waals surface area contributed by atoms with E-state index in [0.717, 1.165) is 43.0 Å². The van der Waals surface area contributed by atoms with Gasteiger partial charge in [-0.2, -0.15) is 5.10 Å². The standard InChI is InChI=1S/C15H20N4O2.C7H5F2NO/c1-16-14-8-11-7-13(10-3-5-21-6-4-10)18-19(11)9-12(14)15(20)17-2;8-7(9)6-3-1-2-5(4-11)10-6/h7-10,16H,3-6H2,1-2H3,(H,17,20);1-4,7H. The van der Waals surface area contributed by atoms with Crippen molar-refractivity contribution in [2.75, 3.05) is 32.6 Å². The zero-order chi connectivity index (χ0) is 23.1. The molecule has 3 aromatic rings. The number of halogens is 2. The summed E-state index contributed by atoms with van der Waals surface area (Å²) in [6.07, 6.45) is 1.61. The largest absolute Gasteiger partial charge is 0.387 e. The zero-order valence-electron chi connectivity index (χ0n) is 17.8. The highest BCUT2D eigenvalue weighted by atomic mass is 19.3. The number of amides is 1. The van der Waals surface area contributed by atoms with Gasteiger partial charge in [0.25, 0.3) is 12.3 Å². The van der Waals surface area contributed by atoms with Crippen molar-refractivity contribution in [3.8, 4) is 0 Å². The molecule has 1 saturated heterocycles. The first-order valence-electron chi connectivity index (χ1n) is 10.2. The molecule has 1 amide bonds. The van der Waals surface area contributed by atoms with Gasteiger partial charge in [0.2, 0.25) is 0 Å². The molecule has 1 fully saturated rings. The predicted molar refractivity (Wildman–Crippen MR) is 116 cm³/mol. The number of carbonyl (C=O) groups is 2. The van der Waals surface area contributed by atoms with E-state index in [9.17, 15) is 18.4 Å². The molecule has 0 aliphatic carbocycles. The van der Waals surface area contributed by atoms with Crippen molar-refractivity contribution in [1.29, 1.82) is 0 Å². The molecule has 0 bridgehead atoms. The van der Waals surface area contributed by atoms with Gasteiger partial charge in [0.1, 0.15) is 11.4 Å². The molecule has 1 aliphatic rings. The van der Waals surface area contributed by atoms with Crippen LogP contribution in [-0.2, 0) is 4.74 Å². The summed E-state index contributed by atoms with van der Waals surface area (Å²) in [7, 11) is 3.44. The van der Waals surface area contributed by atoms with Gasteiger partial charge in [0, 0.05) is 39.4 Å². The van der Waals surface area contributed by atoms with Crippen LogP contribution in [0, 0.1) is 0 Å². The average molecular weight is 445 g/mol. The second-order valence-corrected chi connectivity index (χ2v) is 7.16. The number of hydrogen-bond acceptors (Lipinski definition) is 6. The molecule has 0 atom stereocenters. The molecule has 10 heteroatoms. The van der Waals surface area contributed by atoms with E-state index >= 15 is 0 Å². The SMILES string of the molecule is CNC(=O)c1cn2nc(C3CCOCC3)cc2cc1NC.O=Cc1cccc(C(F)F)n1. The third-order valence-corrected chi connectivity index (χ3v) is 5.13. The van der Waals surface area contributed by atoms with Crippen LogP contribution in [0.3, 0.4) is 0 Å². The first-order chi connectivity index (χ1) is 15.5. The van der Waals surface area contributed by atoms with Gasteiger partial charge in [-0.1, -0.05) is 6.07 Å². The first kappa shape index (κ1) is 23.3. The van der Waals surface area contributed by atoms with Crippen LogP contribution in [-0.4, -0.2) is 54.1 Å². The fourth-order valence-corrected chi connectivity index (χ4v) is 3.43. The van der Waals surface area contributed by atoms with Crippen LogP contribution in [0.4, 0.5) is 14.5 Å². The van der Waals surface area contributed by atoms with E-state index < -0.39 is 6.43 Å². The number of carbonyl (C=O) groups excluding carboxylic acids is 2. The summed E-state index contributed by atoms with van der Waals surface area (Å²) in [6, 6.07) is 7.99. The van der Waals surface area contributed by atoms with E-state index in [1.807, 2.05) is 13.1 Å². The van der Waals surface area contributed by atoms with Crippen LogP contribution < -0.4 is 10.6 Å². The van der Waals surface area contributed by atoms with Gasteiger partial charge in [0.15, 0.2) is 6.29 Å². The monoisotopic (exact) mass is 445 g/mol. The number of nitrogens with zero attached hydrogens (tertiary/aromatic N) is 3. The maximum Gasteiger partial charge on any atom is 0.280 e. The molecule has 4 heterocycles. The Morgan fingerprint density at radius 1 is 1.25 bits per heavy atom. The number of ether oxygens (including phenoxy) is 1. The number of rotatable bonds is 5. The molecule has 3 aromatic heterocycles. The lowest BCUT2D eigenvalue weighted by molar-refractivity contribution is 0.0844. The van der Waals surface area contributed by atoms with Crippen LogP contribution in [0.15, 0.2) is 36.5 Å². The normalized spacial score (nSPS) is 14.0. The van der Waals surface area contributed by atoms with E-state index in [2.05, 4.69) is 26.8 Å². The van der Waals surface area contributed by atoms with E-state index in [4.69, 9.17) is 4.74 Å². The van der Waals surface area contributed by atoms with Gasteiger partial charge >= 0.3 is 0 Å². The molecule has 1 aliphatic heterocycles. The van der Waals surface area contributed by atoms with Crippen molar-refractivity contribution in [1.82, 2.24) is 19.9 Å². The Morgan fingerprint density at radius 2 is 2.00 bits per heavy atom. The van der Waals surface area contributed by atoms with Crippen molar-refractivity contribution in [3.63, 3.8) is 0 Å². The number of aromatic nitrogens is 3. The van der Waals surface area contributed by atoms with Crippen molar-refractivity contribution in [2.24, 2.45) is 0 Å². The van der Waals surface area contributed by atoms with Crippen molar-refractivity contribution < 1.29 is 23.1 Å². The summed E-state index contributed by atoms with van der Waals surface area (Å²) in [5, 5.41) is 10.4. The van der Waals surface area contributed by atoms with Gasteiger partial charge in [-0.15, -0.1) is 0 Å². The van der Waals surface area contributed by atoms with Gasteiger partial charge in [-0.05, 0) is 37.1 Å². The lowest BCUT2D eigenvalue weighted by Gasteiger charge is -2.19. The zero-order valence-corrected chi connectivity index (χ0v) is 17.8. The molecule has 0 spiro atoms. The number of alkyl halides is 2. The second kappa shape index (κ2) is 10.8. The number of nitrogens with one attached hydrogen (secondary N) is 2. The van der Waals surface area contributed by atoms with E-state index in [1.165, 1.54) is 18.2 Å². The summed E-state index contributed by atoms with van der Waals surface area (Å²) in [5.41, 5.74) is 3.13. The first-order valence-corrected chi connectivity index (χ1v) is 10.2. The Morgan fingerprint density at radius 3 is 2.62 bits per heavy atom. The van der Waals surface area contributed by atoms with E-state index in [0.29, 0.717) is 17.8 Å². The molecular weight excluding hydrogens is 420 g/mol. The molecule has 0 unspecified atom stereocenters. The van der Waals surface area contributed by atoms with E-state index in [-0.39, 0.29) is 17.3 Å². The number of fused-ring (bicyclic) bond motifs is 1. The summed E-state index contributed by atoms with van der Waals surface area (Å²) in [4.78, 5) is 25.4. The Kier molecular flexibility index (Phi) is 7.82. The number of aldehydes is 1. The lowest BCUT2D eigenvalue weighted by Crippen LogP contribution is -2.20. The minimum atomic E-state index is -2.62. The fourth-order valence-electron chi connectivity index (χ4n) is 3.43. The van der Waals surface area contributed by atoms with Crippen LogP contribution in [0.1, 0.15) is 57.4 Å². The van der Waals surface area contributed by atoms with E-state index in [1.54, 1.807) is 17.8 Å². The Labute approximate surface area is 184 Å². The van der Waals surface area contributed by atoms with Crippen LogP contribution in [0.2, 0.25) is 0 Å². The molecule has 0 aromatic carbocycles. The number of anilines is 1. The molecule has 4 rings (SSSR count). The van der Waals surface area contributed by atoms with Crippen LogP contribution in [0.5, 0.6) is 0 Å². The minimum Gasteiger partial charge on any atom is -0.387 e. The summed E-state index contributed by atoms with van der Waals surface area (Å²) < 4.78 is 31.0. The quantitative estimate of drug-likeness (QED) is 0.584. The Hall–Kier alpha value is -3.40. The van der Waals surface area contributed by atoms with Crippen molar-refractivity contribution >= 4 is 23.4 Å². The molecule has 2 N–H and O–H groups in total. The van der Waals surface area contributed by atoms with Gasteiger partial charge in [-0.25, -0.2) is 18.3 Å². The highest BCUT2D eigenvalue weighted by molar-refractivity contribution is 5.99. The molecule has 0 saturated carbocycles. The Bertz CT molecular complexity index is 1080. The summed E-state index contributed by atoms with van der Waals surface area (Å²) in [6.45, 7) is 1.59. The highest BCUT2D eigenvalue weighted by Crippen LogP contribution is 2.28. The molecule has 0 radical (unpaired) electrons. The van der Waals surface area contributed by atoms with Crippen molar-refractivity contribution in [2.45, 2.75) is 25.2 Å². The molecule has 170 valence electrons. The number of pyridine rings is 2. The predicted octanol–water partition coefficient (Wildman–Crippen LogP) is 3.46. The van der Waals surface area contributed by atoms with Gasteiger partial charge in [-0.3, -0.25) is 9.59 Å². The molecule has 32 heavy (non-hydrogen) atoms. The topological polar surface area (TPSA) is 97.6 Å². The fraction of sp³-hybridized carbons (Fsp3) is 0.364.